The van der Waals surface area contributed by atoms with Crippen molar-refractivity contribution in [2.24, 2.45) is 0 Å². The summed E-state index contributed by atoms with van der Waals surface area (Å²) in [7, 11) is -3.96. The number of rotatable bonds is 5. The number of aryl methyl sites for hydroxylation is 1. The van der Waals surface area contributed by atoms with Crippen molar-refractivity contribution in [1.82, 2.24) is 10.2 Å². The molecule has 3 rings (SSSR count). The molecular weight excluding hydrogens is 396 g/mol. The zero-order valence-corrected chi connectivity index (χ0v) is 15.8. The SMILES string of the molecule is Cc1cccc(C(=O)Nc2nnc(S(=O)(=O)Nc3ccccc3Cl)s2)c1. The number of nitrogens with zero attached hydrogens (tertiary/aromatic N) is 2. The highest BCUT2D eigenvalue weighted by molar-refractivity contribution is 7.94. The van der Waals surface area contributed by atoms with Gasteiger partial charge in [-0.05, 0) is 31.2 Å². The van der Waals surface area contributed by atoms with Crippen molar-refractivity contribution in [1.29, 1.82) is 0 Å². The summed E-state index contributed by atoms with van der Waals surface area (Å²) in [4.78, 5) is 12.2. The molecule has 0 fully saturated rings. The highest BCUT2D eigenvalue weighted by Gasteiger charge is 2.22. The van der Waals surface area contributed by atoms with E-state index in [2.05, 4.69) is 20.2 Å². The average Bonchev–Trinajstić information content (AvgIpc) is 3.06. The molecule has 0 aliphatic carbocycles. The molecule has 1 aromatic heterocycles. The van der Waals surface area contributed by atoms with Crippen molar-refractivity contribution in [3.05, 3.63) is 64.7 Å². The van der Waals surface area contributed by atoms with Gasteiger partial charge in [0.1, 0.15) is 0 Å². The molecule has 2 N–H and O–H groups in total. The third kappa shape index (κ3) is 4.18. The maximum Gasteiger partial charge on any atom is 0.291 e. The van der Waals surface area contributed by atoms with Gasteiger partial charge in [0.25, 0.3) is 20.3 Å². The maximum atomic E-state index is 12.4. The van der Waals surface area contributed by atoms with E-state index in [-0.39, 0.29) is 20.2 Å². The van der Waals surface area contributed by atoms with Crippen molar-refractivity contribution in [2.75, 3.05) is 10.0 Å². The number of para-hydroxylation sites is 1. The van der Waals surface area contributed by atoms with Crippen LogP contribution in [0.25, 0.3) is 0 Å². The number of hydrogen-bond donors (Lipinski definition) is 2. The predicted molar refractivity (Wildman–Crippen MR) is 101 cm³/mol. The fourth-order valence-electron chi connectivity index (χ4n) is 2.06. The lowest BCUT2D eigenvalue weighted by atomic mass is 10.1. The second-order valence-electron chi connectivity index (χ2n) is 5.28. The van der Waals surface area contributed by atoms with E-state index in [9.17, 15) is 13.2 Å². The molecule has 1 amide bonds. The number of amides is 1. The van der Waals surface area contributed by atoms with Gasteiger partial charge in [-0.3, -0.25) is 14.8 Å². The van der Waals surface area contributed by atoms with Gasteiger partial charge in [0.15, 0.2) is 0 Å². The van der Waals surface area contributed by atoms with Gasteiger partial charge in [0.2, 0.25) is 5.13 Å². The molecule has 1 heterocycles. The summed E-state index contributed by atoms with van der Waals surface area (Å²) in [6.45, 7) is 1.87. The first kappa shape index (κ1) is 18.3. The van der Waals surface area contributed by atoms with Crippen LogP contribution in [0.4, 0.5) is 10.8 Å². The first-order chi connectivity index (χ1) is 12.3. The third-order valence-corrected chi connectivity index (χ3v) is 6.16. The summed E-state index contributed by atoms with van der Waals surface area (Å²) in [6, 6.07) is 13.4. The molecule has 2 aromatic carbocycles. The standard InChI is InChI=1S/C16H13ClN4O3S2/c1-10-5-4-6-11(9-10)14(22)18-15-19-20-16(25-15)26(23,24)21-13-8-3-2-7-12(13)17/h2-9,21H,1H3,(H,18,19,22). The van der Waals surface area contributed by atoms with Gasteiger partial charge < -0.3 is 0 Å². The van der Waals surface area contributed by atoms with Gasteiger partial charge in [-0.25, -0.2) is 0 Å². The van der Waals surface area contributed by atoms with Gasteiger partial charge in [0.05, 0.1) is 10.7 Å². The van der Waals surface area contributed by atoms with Crippen molar-refractivity contribution in [3.8, 4) is 0 Å². The Kier molecular flexibility index (Phi) is 5.21. The molecule has 0 bridgehead atoms. The van der Waals surface area contributed by atoms with E-state index >= 15 is 0 Å². The van der Waals surface area contributed by atoms with Gasteiger partial charge in [-0.2, -0.15) is 8.42 Å². The lowest BCUT2D eigenvalue weighted by Gasteiger charge is -2.06. The average molecular weight is 409 g/mol. The van der Waals surface area contributed by atoms with Crippen LogP contribution >= 0.6 is 22.9 Å². The van der Waals surface area contributed by atoms with Crippen LogP contribution in [0.3, 0.4) is 0 Å². The monoisotopic (exact) mass is 408 g/mol. The Bertz CT molecular complexity index is 1070. The number of hydrogen-bond acceptors (Lipinski definition) is 6. The van der Waals surface area contributed by atoms with E-state index in [1.54, 1.807) is 36.4 Å². The largest absolute Gasteiger partial charge is 0.296 e. The minimum atomic E-state index is -3.96. The molecule has 0 spiro atoms. The second kappa shape index (κ2) is 7.40. The maximum absolute atomic E-state index is 12.4. The van der Waals surface area contributed by atoms with Crippen molar-refractivity contribution >= 4 is 49.7 Å². The molecular formula is C16H13ClN4O3S2. The predicted octanol–water partition coefficient (Wildman–Crippen LogP) is 3.55. The van der Waals surface area contributed by atoms with Crippen LogP contribution < -0.4 is 10.0 Å². The number of halogens is 1. The molecule has 7 nitrogen and oxygen atoms in total. The first-order valence-corrected chi connectivity index (χ1v) is 10.0. The van der Waals surface area contributed by atoms with Crippen LogP contribution in [-0.2, 0) is 10.0 Å². The van der Waals surface area contributed by atoms with E-state index in [4.69, 9.17) is 11.6 Å². The number of aromatic nitrogens is 2. The fourth-order valence-corrected chi connectivity index (χ4v) is 4.27. The number of anilines is 2. The molecule has 0 unspecified atom stereocenters. The van der Waals surface area contributed by atoms with Crippen molar-refractivity contribution in [2.45, 2.75) is 11.3 Å². The number of nitrogens with one attached hydrogen (secondary N) is 2. The summed E-state index contributed by atoms with van der Waals surface area (Å²) in [5.74, 6) is -0.395. The quantitative estimate of drug-likeness (QED) is 0.628. The lowest BCUT2D eigenvalue weighted by molar-refractivity contribution is 0.102. The summed E-state index contributed by atoms with van der Waals surface area (Å²) >= 11 is 6.70. The molecule has 0 atom stereocenters. The van der Waals surface area contributed by atoms with Crippen LogP contribution in [0.1, 0.15) is 15.9 Å². The van der Waals surface area contributed by atoms with Gasteiger partial charge in [-0.15, -0.1) is 10.2 Å². The molecule has 26 heavy (non-hydrogen) atoms. The molecule has 0 aliphatic rings. The number of sulfonamides is 1. The Morgan fingerprint density at radius 2 is 1.88 bits per heavy atom. The Morgan fingerprint density at radius 3 is 2.62 bits per heavy atom. The third-order valence-electron chi connectivity index (χ3n) is 3.26. The molecule has 0 aliphatic heterocycles. The molecule has 0 saturated heterocycles. The Labute approximate surface area is 159 Å². The van der Waals surface area contributed by atoms with E-state index in [0.717, 1.165) is 16.9 Å². The minimum Gasteiger partial charge on any atom is -0.296 e. The van der Waals surface area contributed by atoms with Crippen molar-refractivity contribution < 1.29 is 13.2 Å². The number of carbonyl (C=O) groups is 1. The Balaban J connectivity index is 1.77. The number of carbonyl (C=O) groups excluding carboxylic acids is 1. The second-order valence-corrected chi connectivity index (χ2v) is 8.52. The first-order valence-electron chi connectivity index (χ1n) is 7.34. The van der Waals surface area contributed by atoms with Gasteiger partial charge in [-0.1, -0.05) is 52.8 Å². The molecule has 134 valence electrons. The smallest absolute Gasteiger partial charge is 0.291 e. The lowest BCUT2D eigenvalue weighted by Crippen LogP contribution is -2.13. The summed E-state index contributed by atoms with van der Waals surface area (Å²) in [6.07, 6.45) is 0. The highest BCUT2D eigenvalue weighted by atomic mass is 35.5. The fraction of sp³-hybridized carbons (Fsp3) is 0.0625. The van der Waals surface area contributed by atoms with E-state index < -0.39 is 15.9 Å². The van der Waals surface area contributed by atoms with Crippen LogP contribution in [0.5, 0.6) is 0 Å². The normalized spacial score (nSPS) is 11.2. The van der Waals surface area contributed by atoms with Crippen LogP contribution in [0, 0.1) is 6.92 Å². The summed E-state index contributed by atoms with van der Waals surface area (Å²) in [5, 5.41) is 10.2. The highest BCUT2D eigenvalue weighted by Crippen LogP contribution is 2.26. The van der Waals surface area contributed by atoms with Gasteiger partial charge in [0, 0.05) is 5.56 Å². The van der Waals surface area contributed by atoms with Crippen molar-refractivity contribution in [3.63, 3.8) is 0 Å². The Hall–Kier alpha value is -2.49. The Morgan fingerprint density at radius 1 is 1.12 bits per heavy atom. The molecule has 3 aromatic rings. The molecule has 0 radical (unpaired) electrons. The zero-order chi connectivity index (χ0) is 18.7. The zero-order valence-electron chi connectivity index (χ0n) is 13.4. The van der Waals surface area contributed by atoms with E-state index in [0.29, 0.717) is 5.56 Å². The number of benzene rings is 2. The minimum absolute atomic E-state index is 0.0797. The van der Waals surface area contributed by atoms with Crippen LogP contribution in [0.2, 0.25) is 5.02 Å². The summed E-state index contributed by atoms with van der Waals surface area (Å²) in [5.41, 5.74) is 1.61. The van der Waals surface area contributed by atoms with Crippen LogP contribution in [0.15, 0.2) is 52.9 Å². The van der Waals surface area contributed by atoms with E-state index in [1.165, 1.54) is 6.07 Å². The summed E-state index contributed by atoms with van der Waals surface area (Å²) < 4.78 is 26.8. The van der Waals surface area contributed by atoms with Gasteiger partial charge >= 0.3 is 0 Å². The molecule has 0 saturated carbocycles. The topological polar surface area (TPSA) is 101 Å². The van der Waals surface area contributed by atoms with Crippen LogP contribution in [-0.4, -0.2) is 24.5 Å². The van der Waals surface area contributed by atoms with E-state index in [1.807, 2.05) is 13.0 Å². The molecule has 10 heteroatoms.